The summed E-state index contributed by atoms with van der Waals surface area (Å²) < 4.78 is 4.79. The molecule has 14 heteroatoms. The Balaban J connectivity index is 1.02. The molecule has 55 heavy (non-hydrogen) atoms. The van der Waals surface area contributed by atoms with Crippen molar-refractivity contribution in [1.82, 2.24) is 30.1 Å². The van der Waals surface area contributed by atoms with E-state index in [0.29, 0.717) is 54.6 Å². The van der Waals surface area contributed by atoms with Gasteiger partial charge in [0.1, 0.15) is 11.9 Å². The number of hydrogen-bond acceptors (Lipinski definition) is 10. The number of methoxy groups -OCH3 is 1. The van der Waals surface area contributed by atoms with Crippen molar-refractivity contribution >= 4 is 46.2 Å². The predicted octanol–water partition coefficient (Wildman–Crippen LogP) is 6.19. The van der Waals surface area contributed by atoms with Crippen LogP contribution in [0.2, 0.25) is 0 Å². The van der Waals surface area contributed by atoms with Gasteiger partial charge in [-0.3, -0.25) is 19.2 Å². The van der Waals surface area contributed by atoms with Gasteiger partial charge >= 0.3 is 5.97 Å². The molecule has 14 nitrogen and oxygen atoms in total. The Morgan fingerprint density at radius 1 is 0.964 bits per heavy atom. The second-order valence-electron chi connectivity index (χ2n) is 13.4. The molecule has 0 unspecified atom stereocenters. The largest absolute Gasteiger partial charge is 0.469 e. The van der Waals surface area contributed by atoms with E-state index >= 15 is 0 Å². The zero-order chi connectivity index (χ0) is 38.6. The van der Waals surface area contributed by atoms with Crippen LogP contribution < -0.4 is 10.6 Å². The van der Waals surface area contributed by atoms with Gasteiger partial charge in [-0.05, 0) is 66.4 Å². The highest BCUT2D eigenvalue weighted by atomic mass is 16.5. The maximum absolute atomic E-state index is 14.1. The molecule has 0 radical (unpaired) electrons. The molecule has 6 rings (SSSR count). The van der Waals surface area contributed by atoms with Crippen molar-refractivity contribution in [2.45, 2.75) is 57.8 Å². The normalized spacial score (nSPS) is 14.0. The maximum Gasteiger partial charge on any atom is 0.308 e. The number of rotatable bonds is 16. The van der Waals surface area contributed by atoms with Crippen molar-refractivity contribution < 1.29 is 23.9 Å². The molecule has 2 aromatic heterocycles. The Bertz CT molecular complexity index is 2100. The first kappa shape index (κ1) is 38.3. The van der Waals surface area contributed by atoms with Gasteiger partial charge in [0, 0.05) is 44.1 Å². The van der Waals surface area contributed by atoms with E-state index < -0.39 is 12.0 Å². The number of ether oxygens (including phenoxy) is 1. The van der Waals surface area contributed by atoms with E-state index in [2.05, 4.69) is 30.8 Å². The fourth-order valence-corrected chi connectivity index (χ4v) is 6.37. The lowest BCUT2D eigenvalue weighted by Gasteiger charge is -2.23. The molecule has 3 N–H and O–H groups in total. The summed E-state index contributed by atoms with van der Waals surface area (Å²) in [6, 6.07) is 25.5. The monoisotopic (exact) mass is 743 g/mol. The number of hydrogen-bond donors (Lipinski definition) is 3. The van der Waals surface area contributed by atoms with Gasteiger partial charge in [0.25, 0.3) is 11.8 Å². The summed E-state index contributed by atoms with van der Waals surface area (Å²) in [6.45, 7) is 2.04. The minimum Gasteiger partial charge on any atom is -0.469 e. The summed E-state index contributed by atoms with van der Waals surface area (Å²) >= 11 is 0. The Morgan fingerprint density at radius 2 is 1.75 bits per heavy atom. The second-order valence-corrected chi connectivity index (χ2v) is 13.4. The molecule has 0 spiro atoms. The van der Waals surface area contributed by atoms with Gasteiger partial charge in [0.05, 0.1) is 43.2 Å². The third-order valence-corrected chi connectivity index (χ3v) is 9.35. The van der Waals surface area contributed by atoms with Crippen molar-refractivity contribution in [3.8, 4) is 0 Å². The molecule has 284 valence electrons. The average Bonchev–Trinajstić information content (AvgIpc) is 3.58. The quantitative estimate of drug-likeness (QED) is 0.0609. The van der Waals surface area contributed by atoms with Gasteiger partial charge < -0.3 is 30.2 Å². The number of nitrogens with one attached hydrogen (secondary N) is 3. The number of aromatic amines is 1. The third kappa shape index (κ3) is 10.4. The first-order chi connectivity index (χ1) is 26.8. The number of benzene rings is 3. The number of unbranched alkanes of at least 4 members (excludes halogenated alkanes) is 3. The summed E-state index contributed by atoms with van der Waals surface area (Å²) in [5.74, 6) is 0.0469. The number of anilines is 1. The zero-order valence-corrected chi connectivity index (χ0v) is 31.0. The van der Waals surface area contributed by atoms with Crippen LogP contribution in [0.1, 0.15) is 69.8 Å². The molecule has 0 saturated carbocycles. The Kier molecular flexibility index (Phi) is 12.9. The van der Waals surface area contributed by atoms with Gasteiger partial charge in [0.2, 0.25) is 5.91 Å². The Morgan fingerprint density at radius 3 is 2.53 bits per heavy atom. The fourth-order valence-electron chi connectivity index (χ4n) is 6.37. The summed E-state index contributed by atoms with van der Waals surface area (Å²) in [5, 5.41) is 14.5. The van der Waals surface area contributed by atoms with Crippen LogP contribution in [-0.2, 0) is 34.0 Å². The van der Waals surface area contributed by atoms with Crippen LogP contribution in [0.4, 0.5) is 11.5 Å². The van der Waals surface area contributed by atoms with Crippen LogP contribution in [0.25, 0.3) is 11.0 Å². The van der Waals surface area contributed by atoms with E-state index in [-0.39, 0.29) is 30.7 Å². The minimum absolute atomic E-state index is 0.104. The van der Waals surface area contributed by atoms with Crippen LogP contribution in [0.5, 0.6) is 0 Å². The first-order valence-corrected chi connectivity index (χ1v) is 18.4. The number of pyridine rings is 1. The number of imidazole rings is 1. The zero-order valence-electron chi connectivity index (χ0n) is 31.0. The Hall–Kier alpha value is -6.44. The summed E-state index contributed by atoms with van der Waals surface area (Å²) in [7, 11) is 2.97. The van der Waals surface area contributed by atoms with Gasteiger partial charge in [-0.15, -0.1) is 5.11 Å². The van der Waals surface area contributed by atoms with E-state index in [4.69, 9.17) is 9.72 Å². The highest BCUT2D eigenvalue weighted by molar-refractivity contribution is 5.96. The van der Waals surface area contributed by atoms with Gasteiger partial charge in [-0.25, -0.2) is 9.97 Å². The van der Waals surface area contributed by atoms with Crippen molar-refractivity contribution in [1.29, 1.82) is 0 Å². The van der Waals surface area contributed by atoms with Crippen LogP contribution in [0.3, 0.4) is 0 Å². The molecule has 1 aliphatic heterocycles. The molecule has 3 heterocycles. The van der Waals surface area contributed by atoms with Crippen LogP contribution in [0.15, 0.2) is 101 Å². The van der Waals surface area contributed by atoms with E-state index in [1.54, 1.807) is 41.1 Å². The number of aromatic nitrogens is 3. The van der Waals surface area contributed by atoms with Crippen molar-refractivity contribution in [2.75, 3.05) is 32.6 Å². The smallest absolute Gasteiger partial charge is 0.308 e. The molecular weight excluding hydrogens is 699 g/mol. The second kappa shape index (κ2) is 18.5. The van der Waals surface area contributed by atoms with E-state index in [1.807, 2.05) is 60.7 Å². The molecule has 0 saturated heterocycles. The number of H-pyrrole nitrogens is 1. The van der Waals surface area contributed by atoms with Crippen molar-refractivity contribution in [2.24, 2.45) is 10.2 Å². The molecule has 1 atom stereocenters. The lowest BCUT2D eigenvalue weighted by Crippen LogP contribution is -2.39. The van der Waals surface area contributed by atoms with Crippen LogP contribution in [0, 0.1) is 0 Å². The highest BCUT2D eigenvalue weighted by Gasteiger charge is 2.30. The van der Waals surface area contributed by atoms with Gasteiger partial charge in [0.15, 0.2) is 5.82 Å². The number of nitrogens with zero attached hydrogens (tertiary/aromatic N) is 6. The number of fused-ring (bicyclic) bond motifs is 2. The standard InChI is InChI=1S/C41H45N9O5/c1-49-26-31-22-29(16-18-32(31)45-35(41(49)54)23-38(51)55-2)40(53)50(27-37-46-33-14-8-9-15-34(33)47-37)21-11-4-3-10-20-42-39(52)30-17-19-36(43-25-30)48-44-24-28-12-6-5-7-13-28/h5-9,12-19,22,25,35,45H,3-4,10-11,20-21,23-24,26-27H2,1-2H3,(H,42,52)(H,46,47)/t35-/m0/s1. The highest BCUT2D eigenvalue weighted by Crippen LogP contribution is 2.26. The van der Waals surface area contributed by atoms with Crippen LogP contribution >= 0.6 is 0 Å². The predicted molar refractivity (Wildman–Crippen MR) is 207 cm³/mol. The van der Waals surface area contributed by atoms with Gasteiger partial charge in [-0.2, -0.15) is 5.11 Å². The number of amides is 3. The fraction of sp³-hybridized carbons (Fsp3) is 0.317. The molecule has 3 amide bonds. The number of azo groups is 1. The number of carbonyl (C=O) groups excluding carboxylic acids is 4. The third-order valence-electron chi connectivity index (χ3n) is 9.35. The van der Waals surface area contributed by atoms with Crippen molar-refractivity contribution in [3.63, 3.8) is 0 Å². The summed E-state index contributed by atoms with van der Waals surface area (Å²) in [6.07, 6.45) is 4.65. The minimum atomic E-state index is -0.768. The summed E-state index contributed by atoms with van der Waals surface area (Å²) in [4.78, 5) is 67.4. The average molecular weight is 744 g/mol. The molecule has 0 bridgehead atoms. The summed E-state index contributed by atoms with van der Waals surface area (Å²) in [5.41, 5.74) is 5.18. The number of carbonyl (C=O) groups is 4. The maximum atomic E-state index is 14.1. The van der Waals surface area contributed by atoms with Crippen LogP contribution in [-0.4, -0.2) is 81.7 Å². The van der Waals surface area contributed by atoms with Gasteiger partial charge in [-0.1, -0.05) is 55.3 Å². The lowest BCUT2D eigenvalue weighted by atomic mass is 10.1. The Labute approximate surface area is 319 Å². The number of para-hydroxylation sites is 2. The molecule has 0 aliphatic carbocycles. The van der Waals surface area contributed by atoms with E-state index in [1.165, 1.54) is 13.3 Å². The molecule has 5 aromatic rings. The number of likely N-dealkylation sites (N-methyl/N-ethyl adjacent to an activating group) is 1. The first-order valence-electron chi connectivity index (χ1n) is 18.4. The molecule has 0 fully saturated rings. The molecule has 1 aliphatic rings. The topological polar surface area (TPSA) is 174 Å². The van der Waals surface area contributed by atoms with E-state index in [0.717, 1.165) is 47.8 Å². The lowest BCUT2D eigenvalue weighted by molar-refractivity contribution is -0.143. The number of esters is 1. The van der Waals surface area contributed by atoms with Crippen molar-refractivity contribution in [3.05, 3.63) is 119 Å². The van der Waals surface area contributed by atoms with E-state index in [9.17, 15) is 19.2 Å². The molecule has 3 aromatic carbocycles. The molecular formula is C41H45N9O5. The SMILES string of the molecule is COC(=O)C[C@@H]1Nc2ccc(C(=O)N(CCCCCCNC(=O)c3ccc(N=NCc4ccccc4)nc3)Cc3nc4ccccc4[nH]3)cc2CN(C)C1=O.